The summed E-state index contributed by atoms with van der Waals surface area (Å²) in [6.07, 6.45) is 2.65. The molecular weight excluding hydrogens is 381 g/mol. The molecule has 27 heavy (non-hydrogen) atoms. The molecule has 0 bridgehead atoms. The molecule has 2 aromatic carbocycles. The van der Waals surface area contributed by atoms with E-state index >= 15 is 0 Å². The molecule has 0 aromatic heterocycles. The van der Waals surface area contributed by atoms with Crippen molar-refractivity contribution in [2.24, 2.45) is 5.92 Å². The molecule has 0 saturated carbocycles. The Morgan fingerprint density at radius 1 is 0.926 bits per heavy atom. The number of nitrogens with zero attached hydrogens (tertiary/aromatic N) is 1. The Kier molecular flexibility index (Phi) is 6.23. The highest BCUT2D eigenvalue weighted by Crippen LogP contribution is 2.38. The first-order chi connectivity index (χ1) is 13.0. The highest BCUT2D eigenvalue weighted by molar-refractivity contribution is 6.33. The van der Waals surface area contributed by atoms with Crippen LogP contribution in [0.3, 0.4) is 0 Å². The molecule has 0 unspecified atom stereocenters. The first kappa shape index (κ1) is 19.9. The van der Waals surface area contributed by atoms with Gasteiger partial charge in [-0.15, -0.1) is 0 Å². The number of hydrogen-bond donors (Lipinski definition) is 0. The summed E-state index contributed by atoms with van der Waals surface area (Å²) in [5.74, 6) is 0.110. The lowest BCUT2D eigenvalue weighted by Crippen LogP contribution is -2.32. The molecule has 3 rings (SSSR count). The van der Waals surface area contributed by atoms with Gasteiger partial charge in [0.25, 0.3) is 11.8 Å². The molecule has 0 spiro atoms. The number of hydrogen-bond acceptors (Lipinski definition) is 2. The van der Waals surface area contributed by atoms with Crippen molar-refractivity contribution >= 4 is 35.0 Å². The first-order valence-electron chi connectivity index (χ1n) is 9.38. The van der Waals surface area contributed by atoms with Crippen molar-refractivity contribution in [3.05, 3.63) is 69.2 Å². The number of imide groups is 1. The zero-order valence-corrected chi connectivity index (χ0v) is 17.1. The predicted octanol–water partition coefficient (Wildman–Crippen LogP) is 6.20. The van der Waals surface area contributed by atoms with Gasteiger partial charge in [-0.3, -0.25) is 14.5 Å². The maximum absolute atomic E-state index is 12.6. The van der Waals surface area contributed by atoms with Crippen molar-refractivity contribution in [3.63, 3.8) is 0 Å². The SMILES string of the molecule is CCC(CC)[C@@H](CCN1C(=O)c2ccccc2C1=O)c1cc(Cl)ccc1Cl. The number of rotatable bonds is 7. The molecular formula is C22H23Cl2NO2. The van der Waals surface area contributed by atoms with E-state index in [-0.39, 0.29) is 17.7 Å². The quantitative estimate of drug-likeness (QED) is 0.516. The summed E-state index contributed by atoms with van der Waals surface area (Å²) in [4.78, 5) is 26.6. The molecule has 0 N–H and O–H groups in total. The average molecular weight is 404 g/mol. The number of amides is 2. The number of fused-ring (bicyclic) bond motifs is 1. The molecule has 2 amide bonds. The fourth-order valence-electron chi connectivity index (χ4n) is 4.01. The molecule has 0 radical (unpaired) electrons. The Morgan fingerprint density at radius 2 is 1.52 bits per heavy atom. The topological polar surface area (TPSA) is 37.4 Å². The molecule has 1 aliphatic heterocycles. The summed E-state index contributed by atoms with van der Waals surface area (Å²) in [6, 6.07) is 12.5. The van der Waals surface area contributed by atoms with E-state index in [2.05, 4.69) is 13.8 Å². The molecule has 3 nitrogen and oxygen atoms in total. The van der Waals surface area contributed by atoms with Crippen molar-refractivity contribution in [1.29, 1.82) is 0 Å². The largest absolute Gasteiger partial charge is 0.274 e. The van der Waals surface area contributed by atoms with Crippen LogP contribution in [0.4, 0.5) is 0 Å². The second kappa shape index (κ2) is 8.45. The maximum atomic E-state index is 12.6. The minimum absolute atomic E-state index is 0.135. The van der Waals surface area contributed by atoms with Gasteiger partial charge in [0.15, 0.2) is 0 Å². The van der Waals surface area contributed by atoms with Crippen LogP contribution in [0, 0.1) is 5.92 Å². The van der Waals surface area contributed by atoms with Crippen molar-refractivity contribution in [3.8, 4) is 0 Å². The highest BCUT2D eigenvalue weighted by atomic mass is 35.5. The molecule has 0 fully saturated rings. The summed E-state index contributed by atoms with van der Waals surface area (Å²) in [7, 11) is 0. The lowest BCUT2D eigenvalue weighted by atomic mass is 9.80. The second-order valence-corrected chi connectivity index (χ2v) is 7.79. The summed E-state index contributed by atoms with van der Waals surface area (Å²) in [5.41, 5.74) is 1.97. The van der Waals surface area contributed by atoms with Crippen LogP contribution in [-0.4, -0.2) is 23.3 Å². The lowest BCUT2D eigenvalue weighted by molar-refractivity contribution is 0.0646. The van der Waals surface area contributed by atoms with Gasteiger partial charge in [0.2, 0.25) is 0 Å². The van der Waals surface area contributed by atoms with Gasteiger partial charge in [0.1, 0.15) is 0 Å². The summed E-state index contributed by atoms with van der Waals surface area (Å²) < 4.78 is 0. The van der Waals surface area contributed by atoms with Gasteiger partial charge in [-0.1, -0.05) is 62.0 Å². The molecule has 1 atom stereocenters. The summed E-state index contributed by atoms with van der Waals surface area (Å²) >= 11 is 12.7. The Bertz CT molecular complexity index is 826. The average Bonchev–Trinajstić information content (AvgIpc) is 2.92. The molecule has 1 aliphatic rings. The minimum Gasteiger partial charge on any atom is -0.274 e. The second-order valence-electron chi connectivity index (χ2n) is 6.95. The Labute approximate surface area is 170 Å². The third-order valence-corrected chi connectivity index (χ3v) is 6.10. The van der Waals surface area contributed by atoms with Crippen molar-refractivity contribution < 1.29 is 9.59 Å². The normalized spacial score (nSPS) is 14.8. The van der Waals surface area contributed by atoms with Gasteiger partial charge in [0, 0.05) is 16.6 Å². The van der Waals surface area contributed by atoms with E-state index in [0.29, 0.717) is 40.1 Å². The maximum Gasteiger partial charge on any atom is 0.261 e. The third kappa shape index (κ3) is 3.90. The lowest BCUT2D eigenvalue weighted by Gasteiger charge is -2.28. The molecule has 2 aromatic rings. The predicted molar refractivity (Wildman–Crippen MR) is 110 cm³/mol. The Hall–Kier alpha value is -1.84. The van der Waals surface area contributed by atoms with E-state index in [4.69, 9.17) is 23.2 Å². The van der Waals surface area contributed by atoms with Crippen molar-refractivity contribution in [2.75, 3.05) is 6.54 Å². The third-order valence-electron chi connectivity index (χ3n) is 5.52. The molecule has 0 saturated heterocycles. The summed E-state index contributed by atoms with van der Waals surface area (Å²) in [6.45, 7) is 4.68. The fourth-order valence-corrected chi connectivity index (χ4v) is 4.45. The van der Waals surface area contributed by atoms with E-state index in [1.54, 1.807) is 30.3 Å². The van der Waals surface area contributed by atoms with Crippen LogP contribution in [0.2, 0.25) is 10.0 Å². The molecule has 5 heteroatoms. The number of benzene rings is 2. The smallest absolute Gasteiger partial charge is 0.261 e. The van der Waals surface area contributed by atoms with Gasteiger partial charge >= 0.3 is 0 Å². The van der Waals surface area contributed by atoms with Gasteiger partial charge < -0.3 is 0 Å². The van der Waals surface area contributed by atoms with Crippen LogP contribution in [-0.2, 0) is 0 Å². The molecule has 1 heterocycles. The number of carbonyl (C=O) groups excluding carboxylic acids is 2. The van der Waals surface area contributed by atoms with Gasteiger partial charge in [-0.05, 0) is 54.2 Å². The van der Waals surface area contributed by atoms with Crippen molar-refractivity contribution in [1.82, 2.24) is 4.90 Å². The van der Waals surface area contributed by atoms with E-state index in [1.165, 1.54) is 4.90 Å². The van der Waals surface area contributed by atoms with Crippen LogP contribution in [0.1, 0.15) is 65.3 Å². The number of halogens is 2. The van der Waals surface area contributed by atoms with Crippen LogP contribution >= 0.6 is 23.2 Å². The Balaban J connectivity index is 1.85. The van der Waals surface area contributed by atoms with E-state index in [0.717, 1.165) is 18.4 Å². The van der Waals surface area contributed by atoms with Crippen LogP contribution in [0.25, 0.3) is 0 Å². The zero-order valence-electron chi connectivity index (χ0n) is 15.5. The van der Waals surface area contributed by atoms with E-state index in [1.807, 2.05) is 12.1 Å². The van der Waals surface area contributed by atoms with Gasteiger partial charge in [0.05, 0.1) is 11.1 Å². The number of carbonyl (C=O) groups is 2. The molecule has 142 valence electrons. The first-order valence-corrected chi connectivity index (χ1v) is 10.1. The fraction of sp³-hybridized carbons (Fsp3) is 0.364. The standard InChI is InChI=1S/C22H23Cl2NO2/c1-3-14(4-2)16(19-13-15(23)9-10-20(19)24)11-12-25-21(26)17-7-5-6-8-18(17)22(25)27/h5-10,13-14,16H,3-4,11-12H2,1-2H3/t16-/m1/s1. The van der Waals surface area contributed by atoms with Crippen LogP contribution in [0.5, 0.6) is 0 Å². The minimum atomic E-state index is -0.212. The van der Waals surface area contributed by atoms with Crippen molar-refractivity contribution in [2.45, 2.75) is 39.0 Å². The van der Waals surface area contributed by atoms with Crippen LogP contribution in [0.15, 0.2) is 42.5 Å². The van der Waals surface area contributed by atoms with Crippen LogP contribution < -0.4 is 0 Å². The summed E-state index contributed by atoms with van der Waals surface area (Å²) in [5, 5.41) is 1.32. The molecule has 0 aliphatic carbocycles. The zero-order chi connectivity index (χ0) is 19.6. The van der Waals surface area contributed by atoms with Gasteiger partial charge in [-0.2, -0.15) is 0 Å². The van der Waals surface area contributed by atoms with Gasteiger partial charge in [-0.25, -0.2) is 0 Å². The Morgan fingerprint density at radius 3 is 2.07 bits per heavy atom. The van der Waals surface area contributed by atoms with E-state index in [9.17, 15) is 9.59 Å². The highest BCUT2D eigenvalue weighted by Gasteiger charge is 2.35. The monoisotopic (exact) mass is 403 g/mol. The van der Waals surface area contributed by atoms with E-state index < -0.39 is 0 Å².